The van der Waals surface area contributed by atoms with Crippen molar-refractivity contribution < 1.29 is 14.0 Å². The van der Waals surface area contributed by atoms with Gasteiger partial charge in [0.25, 0.3) is 11.8 Å². The first kappa shape index (κ1) is 18.7. The highest BCUT2D eigenvalue weighted by atomic mass is 32.1. The van der Waals surface area contributed by atoms with Crippen LogP contribution in [0.4, 0.5) is 4.39 Å². The molecular formula is C21H22FN3O2S. The topological polar surface area (TPSA) is 45.6 Å². The summed E-state index contributed by atoms with van der Waals surface area (Å²) < 4.78 is 16.0. The number of rotatable bonds is 3. The van der Waals surface area contributed by atoms with Crippen molar-refractivity contribution in [2.75, 3.05) is 19.6 Å². The highest BCUT2D eigenvalue weighted by molar-refractivity contribution is 7.16. The van der Waals surface area contributed by atoms with E-state index in [0.717, 1.165) is 16.8 Å². The molecule has 0 N–H and O–H groups in total. The minimum Gasteiger partial charge on any atom is -0.334 e. The summed E-state index contributed by atoms with van der Waals surface area (Å²) in [6, 6.07) is 9.81. The third-order valence-corrected chi connectivity index (χ3v) is 6.27. The van der Waals surface area contributed by atoms with Crippen LogP contribution in [0.25, 0.3) is 10.2 Å². The van der Waals surface area contributed by atoms with E-state index in [0.29, 0.717) is 25.3 Å². The molecular weight excluding hydrogens is 377 g/mol. The third-order valence-electron chi connectivity index (χ3n) is 5.32. The van der Waals surface area contributed by atoms with Gasteiger partial charge in [-0.15, -0.1) is 11.3 Å². The Morgan fingerprint density at radius 2 is 1.96 bits per heavy atom. The molecule has 1 aliphatic heterocycles. The second kappa shape index (κ2) is 7.39. The minimum atomic E-state index is -0.515. The second-order valence-electron chi connectivity index (χ2n) is 7.03. The molecule has 1 aromatic carbocycles. The number of amides is 2. The molecule has 2 aromatic heterocycles. The smallest absolute Gasteiger partial charge is 0.270 e. The van der Waals surface area contributed by atoms with Crippen molar-refractivity contribution in [3.05, 3.63) is 58.9 Å². The lowest BCUT2D eigenvalue weighted by Gasteiger charge is -2.40. The normalized spacial score (nSPS) is 17.3. The number of hydrogen-bond acceptors (Lipinski definition) is 3. The van der Waals surface area contributed by atoms with E-state index < -0.39 is 5.82 Å². The monoisotopic (exact) mass is 399 g/mol. The van der Waals surface area contributed by atoms with E-state index in [2.05, 4.69) is 0 Å². The van der Waals surface area contributed by atoms with Crippen LogP contribution >= 0.6 is 11.3 Å². The SMILES string of the molecule is CCn1c(C(=O)N2CCN(C(=O)c3ccccc3F)[C@@H](C)C2)cc2ccsc21. The van der Waals surface area contributed by atoms with Gasteiger partial charge in [-0.05, 0) is 43.5 Å². The number of fused-ring (bicyclic) bond motifs is 1. The molecule has 0 spiro atoms. The van der Waals surface area contributed by atoms with E-state index >= 15 is 0 Å². The maximum atomic E-state index is 14.0. The first-order chi connectivity index (χ1) is 13.5. The van der Waals surface area contributed by atoms with Gasteiger partial charge in [0, 0.05) is 37.6 Å². The van der Waals surface area contributed by atoms with Crippen LogP contribution in [-0.4, -0.2) is 51.9 Å². The molecule has 1 fully saturated rings. The standard InChI is InChI=1S/C21H22FN3O2S/c1-3-24-18(12-15-8-11-28-21(15)24)20(27)23-9-10-25(14(2)13-23)19(26)16-6-4-5-7-17(16)22/h4-8,11-12,14H,3,9-10,13H2,1-2H3/t14-/m0/s1. The fraction of sp³-hybridized carbons (Fsp3) is 0.333. The van der Waals surface area contributed by atoms with Crippen LogP contribution in [-0.2, 0) is 6.54 Å². The largest absolute Gasteiger partial charge is 0.334 e. The Morgan fingerprint density at radius 3 is 2.68 bits per heavy atom. The predicted molar refractivity (Wildman–Crippen MR) is 108 cm³/mol. The van der Waals surface area contributed by atoms with Crippen LogP contribution in [0, 0.1) is 5.82 Å². The van der Waals surface area contributed by atoms with Gasteiger partial charge in [-0.25, -0.2) is 4.39 Å². The van der Waals surface area contributed by atoms with E-state index in [1.165, 1.54) is 12.1 Å². The van der Waals surface area contributed by atoms with Crippen molar-refractivity contribution in [1.82, 2.24) is 14.4 Å². The number of benzene rings is 1. The lowest BCUT2D eigenvalue weighted by atomic mass is 10.1. The number of aromatic nitrogens is 1. The fourth-order valence-corrected chi connectivity index (χ4v) is 4.82. The van der Waals surface area contributed by atoms with Gasteiger partial charge in [0.05, 0.1) is 5.56 Å². The summed E-state index contributed by atoms with van der Waals surface area (Å²) in [5, 5.41) is 3.11. The number of thiophene rings is 1. The van der Waals surface area contributed by atoms with E-state index in [1.807, 2.05) is 35.9 Å². The van der Waals surface area contributed by atoms with E-state index in [-0.39, 0.29) is 23.4 Å². The number of nitrogens with zero attached hydrogens (tertiary/aromatic N) is 3. The number of carbonyl (C=O) groups is 2. The summed E-state index contributed by atoms with van der Waals surface area (Å²) in [6.45, 7) is 5.92. The van der Waals surface area contributed by atoms with Crippen molar-refractivity contribution in [2.45, 2.75) is 26.4 Å². The van der Waals surface area contributed by atoms with Crippen LogP contribution in [0.3, 0.4) is 0 Å². The van der Waals surface area contributed by atoms with Gasteiger partial charge in [0.1, 0.15) is 16.3 Å². The lowest BCUT2D eigenvalue weighted by Crippen LogP contribution is -2.55. The van der Waals surface area contributed by atoms with Gasteiger partial charge < -0.3 is 14.4 Å². The Labute approximate surface area is 167 Å². The van der Waals surface area contributed by atoms with Gasteiger partial charge >= 0.3 is 0 Å². The van der Waals surface area contributed by atoms with Crippen molar-refractivity contribution in [3.8, 4) is 0 Å². The Bertz CT molecular complexity index is 1040. The highest BCUT2D eigenvalue weighted by Gasteiger charge is 2.32. The molecule has 0 unspecified atom stereocenters. The molecule has 146 valence electrons. The lowest BCUT2D eigenvalue weighted by molar-refractivity contribution is 0.0406. The summed E-state index contributed by atoms with van der Waals surface area (Å²) in [4.78, 5) is 30.4. The molecule has 7 heteroatoms. The summed E-state index contributed by atoms with van der Waals surface area (Å²) in [7, 11) is 0. The number of carbonyl (C=O) groups excluding carboxylic acids is 2. The zero-order valence-corrected chi connectivity index (χ0v) is 16.7. The molecule has 3 aromatic rings. The zero-order chi connectivity index (χ0) is 19.8. The van der Waals surface area contributed by atoms with Gasteiger partial charge in [0.15, 0.2) is 0 Å². The molecule has 0 radical (unpaired) electrons. The van der Waals surface area contributed by atoms with E-state index in [9.17, 15) is 14.0 Å². The van der Waals surface area contributed by atoms with Gasteiger partial charge in [-0.2, -0.15) is 0 Å². The van der Waals surface area contributed by atoms with Gasteiger partial charge in [-0.3, -0.25) is 9.59 Å². The van der Waals surface area contributed by atoms with Crippen LogP contribution in [0.15, 0.2) is 41.8 Å². The number of aryl methyl sites for hydroxylation is 1. The maximum Gasteiger partial charge on any atom is 0.270 e. The Hall–Kier alpha value is -2.67. The fourth-order valence-electron chi connectivity index (χ4n) is 3.86. The summed E-state index contributed by atoms with van der Waals surface area (Å²) >= 11 is 1.63. The average molecular weight is 399 g/mol. The summed E-state index contributed by atoms with van der Waals surface area (Å²) in [5.41, 5.74) is 0.764. The molecule has 1 atom stereocenters. The second-order valence-corrected chi connectivity index (χ2v) is 7.93. The van der Waals surface area contributed by atoms with Gasteiger partial charge in [-0.1, -0.05) is 12.1 Å². The summed E-state index contributed by atoms with van der Waals surface area (Å²) in [6.07, 6.45) is 0. The zero-order valence-electron chi connectivity index (χ0n) is 15.9. The number of piperazine rings is 1. The van der Waals surface area contributed by atoms with Crippen molar-refractivity contribution in [3.63, 3.8) is 0 Å². The third kappa shape index (κ3) is 3.09. The molecule has 0 aliphatic carbocycles. The molecule has 2 amide bonds. The Kier molecular flexibility index (Phi) is 4.93. The quantitative estimate of drug-likeness (QED) is 0.672. The van der Waals surface area contributed by atoms with E-state index in [1.54, 1.807) is 33.3 Å². The minimum absolute atomic E-state index is 0.0184. The summed E-state index contributed by atoms with van der Waals surface area (Å²) in [5.74, 6) is -0.857. The van der Waals surface area contributed by atoms with Crippen LogP contribution in [0.5, 0.6) is 0 Å². The Balaban J connectivity index is 1.52. The highest BCUT2D eigenvalue weighted by Crippen LogP contribution is 2.27. The molecule has 0 saturated carbocycles. The van der Waals surface area contributed by atoms with Crippen molar-refractivity contribution in [1.29, 1.82) is 0 Å². The first-order valence-electron chi connectivity index (χ1n) is 9.42. The van der Waals surface area contributed by atoms with E-state index in [4.69, 9.17) is 0 Å². The molecule has 28 heavy (non-hydrogen) atoms. The molecule has 4 rings (SSSR count). The molecule has 1 aliphatic rings. The first-order valence-corrected chi connectivity index (χ1v) is 10.3. The van der Waals surface area contributed by atoms with Crippen molar-refractivity contribution >= 4 is 33.4 Å². The van der Waals surface area contributed by atoms with Gasteiger partial charge in [0.2, 0.25) is 0 Å². The molecule has 1 saturated heterocycles. The average Bonchev–Trinajstić information content (AvgIpc) is 3.28. The number of halogens is 1. The number of hydrogen-bond donors (Lipinski definition) is 0. The van der Waals surface area contributed by atoms with Crippen molar-refractivity contribution in [2.24, 2.45) is 0 Å². The maximum absolute atomic E-state index is 14.0. The van der Waals surface area contributed by atoms with Crippen LogP contribution < -0.4 is 0 Å². The molecule has 3 heterocycles. The predicted octanol–water partition coefficient (Wildman–Crippen LogP) is 3.85. The van der Waals surface area contributed by atoms with Crippen LogP contribution in [0.1, 0.15) is 34.7 Å². The molecule has 5 nitrogen and oxygen atoms in total. The van der Waals surface area contributed by atoms with Crippen LogP contribution in [0.2, 0.25) is 0 Å². The Morgan fingerprint density at radius 1 is 1.18 bits per heavy atom. The molecule has 0 bridgehead atoms.